The Morgan fingerprint density at radius 3 is 2.90 bits per heavy atom. The zero-order valence-corrected chi connectivity index (χ0v) is 13.2. The van der Waals surface area contributed by atoms with Crippen molar-refractivity contribution in [1.29, 1.82) is 0 Å². The van der Waals surface area contributed by atoms with Crippen molar-refractivity contribution < 1.29 is 14.1 Å². The average Bonchev–Trinajstić information content (AvgIpc) is 2.96. The van der Waals surface area contributed by atoms with E-state index in [9.17, 15) is 4.79 Å². The molecule has 21 heavy (non-hydrogen) atoms. The minimum atomic E-state index is -0.459. The number of carbonyl (C=O) groups is 1. The number of aryl methyl sites for hydroxylation is 1. The summed E-state index contributed by atoms with van der Waals surface area (Å²) in [6.07, 6.45) is 1.75. The molecule has 0 aromatic carbocycles. The summed E-state index contributed by atoms with van der Waals surface area (Å²) >= 11 is 0. The topological polar surface area (TPSA) is 80.5 Å². The Hall–Kier alpha value is -1.63. The van der Waals surface area contributed by atoms with E-state index in [1.54, 1.807) is 11.8 Å². The van der Waals surface area contributed by atoms with Gasteiger partial charge in [-0.25, -0.2) is 4.79 Å². The monoisotopic (exact) mass is 296 g/mol. The van der Waals surface area contributed by atoms with Gasteiger partial charge in [-0.2, -0.15) is 4.98 Å². The molecule has 118 valence electrons. The SMILES string of the molecule is Cc1noc(CNCC2CCCN2C(=O)OC(C)(C)C)n1. The fraction of sp³-hybridized carbons (Fsp3) is 0.786. The van der Waals surface area contributed by atoms with Gasteiger partial charge in [-0.3, -0.25) is 0 Å². The summed E-state index contributed by atoms with van der Waals surface area (Å²) in [5.74, 6) is 1.19. The van der Waals surface area contributed by atoms with Crippen molar-refractivity contribution in [1.82, 2.24) is 20.4 Å². The molecule has 1 aliphatic rings. The molecule has 0 aliphatic carbocycles. The first-order valence-corrected chi connectivity index (χ1v) is 7.35. The van der Waals surface area contributed by atoms with Crippen LogP contribution in [0.3, 0.4) is 0 Å². The van der Waals surface area contributed by atoms with E-state index in [-0.39, 0.29) is 12.1 Å². The number of nitrogens with one attached hydrogen (secondary N) is 1. The van der Waals surface area contributed by atoms with Gasteiger partial charge in [0.15, 0.2) is 5.82 Å². The van der Waals surface area contributed by atoms with Crippen molar-refractivity contribution in [3.05, 3.63) is 11.7 Å². The molecular formula is C14H24N4O3. The van der Waals surface area contributed by atoms with Crippen LogP contribution in [-0.4, -0.2) is 45.9 Å². The van der Waals surface area contributed by atoms with Gasteiger partial charge in [-0.1, -0.05) is 5.16 Å². The van der Waals surface area contributed by atoms with E-state index in [2.05, 4.69) is 15.5 Å². The molecule has 1 unspecified atom stereocenters. The third kappa shape index (κ3) is 4.70. The standard InChI is InChI=1S/C14H24N4O3/c1-10-16-12(21-17-10)9-15-8-11-6-5-7-18(11)13(19)20-14(2,3)4/h11,15H,5-9H2,1-4H3. The molecule has 1 atom stereocenters. The highest BCUT2D eigenvalue weighted by Crippen LogP contribution is 2.20. The fourth-order valence-corrected chi connectivity index (χ4v) is 2.37. The summed E-state index contributed by atoms with van der Waals surface area (Å²) in [6.45, 7) is 9.39. The maximum absolute atomic E-state index is 12.1. The highest BCUT2D eigenvalue weighted by atomic mass is 16.6. The number of ether oxygens (including phenoxy) is 1. The fourth-order valence-electron chi connectivity index (χ4n) is 2.37. The van der Waals surface area contributed by atoms with Crippen LogP contribution >= 0.6 is 0 Å². The zero-order chi connectivity index (χ0) is 15.5. The Balaban J connectivity index is 1.80. The molecule has 1 saturated heterocycles. The van der Waals surface area contributed by atoms with E-state index >= 15 is 0 Å². The van der Waals surface area contributed by atoms with E-state index in [1.807, 2.05) is 20.8 Å². The number of amides is 1. The van der Waals surface area contributed by atoms with Gasteiger partial charge in [0.2, 0.25) is 5.89 Å². The van der Waals surface area contributed by atoms with Crippen LogP contribution < -0.4 is 5.32 Å². The van der Waals surface area contributed by atoms with Crippen molar-refractivity contribution in [2.24, 2.45) is 0 Å². The Morgan fingerprint density at radius 1 is 1.52 bits per heavy atom. The molecular weight excluding hydrogens is 272 g/mol. The first-order valence-electron chi connectivity index (χ1n) is 7.35. The van der Waals surface area contributed by atoms with Crippen molar-refractivity contribution >= 4 is 6.09 Å². The molecule has 0 spiro atoms. The van der Waals surface area contributed by atoms with Crippen LogP contribution in [0, 0.1) is 6.92 Å². The quantitative estimate of drug-likeness (QED) is 0.913. The van der Waals surface area contributed by atoms with Gasteiger partial charge in [0.1, 0.15) is 5.60 Å². The third-order valence-corrected chi connectivity index (χ3v) is 3.23. The number of nitrogens with zero attached hydrogens (tertiary/aromatic N) is 3. The molecule has 2 rings (SSSR count). The number of hydrogen-bond donors (Lipinski definition) is 1. The van der Waals surface area contributed by atoms with Crippen LogP contribution in [0.1, 0.15) is 45.3 Å². The molecule has 1 aliphatic heterocycles. The lowest BCUT2D eigenvalue weighted by molar-refractivity contribution is 0.0226. The number of likely N-dealkylation sites (tertiary alicyclic amines) is 1. The lowest BCUT2D eigenvalue weighted by Gasteiger charge is -2.28. The zero-order valence-electron chi connectivity index (χ0n) is 13.2. The third-order valence-electron chi connectivity index (χ3n) is 3.23. The Bertz CT molecular complexity index is 481. The van der Waals surface area contributed by atoms with E-state index in [4.69, 9.17) is 9.26 Å². The van der Waals surface area contributed by atoms with Crippen molar-refractivity contribution in [3.8, 4) is 0 Å². The smallest absolute Gasteiger partial charge is 0.410 e. The van der Waals surface area contributed by atoms with Crippen LogP contribution in [-0.2, 0) is 11.3 Å². The minimum absolute atomic E-state index is 0.156. The number of rotatable bonds is 4. The second kappa shape index (κ2) is 6.43. The average molecular weight is 296 g/mol. The number of aromatic nitrogens is 2. The second-order valence-corrected chi connectivity index (χ2v) is 6.34. The molecule has 1 amide bonds. The van der Waals surface area contributed by atoms with E-state index in [0.29, 0.717) is 24.8 Å². The van der Waals surface area contributed by atoms with Gasteiger partial charge >= 0.3 is 6.09 Å². The molecule has 1 fully saturated rings. The maximum Gasteiger partial charge on any atom is 0.410 e. The second-order valence-electron chi connectivity index (χ2n) is 6.34. The summed E-state index contributed by atoms with van der Waals surface area (Å²) in [6, 6.07) is 0.156. The lowest BCUT2D eigenvalue weighted by Crippen LogP contribution is -2.44. The summed E-state index contributed by atoms with van der Waals surface area (Å²) in [5.41, 5.74) is -0.459. The Kier molecular flexibility index (Phi) is 4.82. The van der Waals surface area contributed by atoms with Crippen molar-refractivity contribution in [2.45, 2.75) is 58.7 Å². The molecule has 0 radical (unpaired) electrons. The van der Waals surface area contributed by atoms with Gasteiger partial charge in [0.05, 0.1) is 6.54 Å². The Labute approximate surface area is 125 Å². The van der Waals surface area contributed by atoms with Gasteiger partial charge < -0.3 is 19.5 Å². The van der Waals surface area contributed by atoms with Crippen LogP contribution in [0.4, 0.5) is 4.79 Å². The highest BCUT2D eigenvalue weighted by molar-refractivity contribution is 5.69. The molecule has 2 heterocycles. The first-order chi connectivity index (χ1) is 9.85. The van der Waals surface area contributed by atoms with Crippen molar-refractivity contribution in [3.63, 3.8) is 0 Å². The van der Waals surface area contributed by atoms with Gasteiger partial charge in [0, 0.05) is 19.1 Å². The summed E-state index contributed by atoms with van der Waals surface area (Å²) in [7, 11) is 0. The molecule has 7 nitrogen and oxygen atoms in total. The predicted molar refractivity (Wildman–Crippen MR) is 76.7 cm³/mol. The van der Waals surface area contributed by atoms with Gasteiger partial charge in [-0.05, 0) is 40.5 Å². The minimum Gasteiger partial charge on any atom is -0.444 e. The summed E-state index contributed by atoms with van der Waals surface area (Å²) in [5, 5.41) is 7.00. The summed E-state index contributed by atoms with van der Waals surface area (Å²) in [4.78, 5) is 18.1. The van der Waals surface area contributed by atoms with E-state index < -0.39 is 5.60 Å². The van der Waals surface area contributed by atoms with Crippen LogP contribution in [0.15, 0.2) is 4.52 Å². The highest BCUT2D eigenvalue weighted by Gasteiger charge is 2.31. The van der Waals surface area contributed by atoms with Crippen LogP contribution in [0.25, 0.3) is 0 Å². The molecule has 7 heteroatoms. The maximum atomic E-state index is 12.1. The normalized spacial score (nSPS) is 19.0. The number of carbonyl (C=O) groups excluding carboxylic acids is 1. The van der Waals surface area contributed by atoms with Crippen LogP contribution in [0.5, 0.6) is 0 Å². The Morgan fingerprint density at radius 2 is 2.29 bits per heavy atom. The van der Waals surface area contributed by atoms with E-state index in [1.165, 1.54) is 0 Å². The first kappa shape index (κ1) is 15.8. The lowest BCUT2D eigenvalue weighted by atomic mass is 10.2. The predicted octanol–water partition coefficient (Wildman–Crippen LogP) is 1.87. The summed E-state index contributed by atoms with van der Waals surface area (Å²) < 4.78 is 10.5. The molecule has 1 aromatic heterocycles. The van der Waals surface area contributed by atoms with Gasteiger partial charge in [-0.15, -0.1) is 0 Å². The molecule has 1 aromatic rings. The molecule has 0 saturated carbocycles. The molecule has 1 N–H and O–H groups in total. The largest absolute Gasteiger partial charge is 0.444 e. The molecule has 0 bridgehead atoms. The van der Waals surface area contributed by atoms with Crippen molar-refractivity contribution in [2.75, 3.05) is 13.1 Å². The van der Waals surface area contributed by atoms with Gasteiger partial charge in [0.25, 0.3) is 0 Å². The van der Waals surface area contributed by atoms with Crippen LogP contribution in [0.2, 0.25) is 0 Å². The number of hydrogen-bond acceptors (Lipinski definition) is 6. The van der Waals surface area contributed by atoms with E-state index in [0.717, 1.165) is 19.4 Å².